The Morgan fingerprint density at radius 1 is 1.03 bits per heavy atom. The van der Waals surface area contributed by atoms with E-state index in [9.17, 15) is 9.59 Å². The molecule has 1 N–H and O–H groups in total. The zero-order valence-corrected chi connectivity index (χ0v) is 20.4. The van der Waals surface area contributed by atoms with Crippen LogP contribution in [0.3, 0.4) is 0 Å². The van der Waals surface area contributed by atoms with Crippen LogP contribution >= 0.6 is 23.2 Å². The summed E-state index contributed by atoms with van der Waals surface area (Å²) in [5.74, 6) is -0.570. The first-order valence-corrected chi connectivity index (χ1v) is 11.5. The lowest BCUT2D eigenvalue weighted by molar-refractivity contribution is -0.149. The van der Waals surface area contributed by atoms with Crippen LogP contribution in [0.4, 0.5) is 0 Å². The summed E-state index contributed by atoms with van der Waals surface area (Å²) in [6.07, 6.45) is 4.21. The Morgan fingerprint density at radius 2 is 1.62 bits per heavy atom. The van der Waals surface area contributed by atoms with Crippen LogP contribution in [0.15, 0.2) is 30.7 Å². The molecule has 0 saturated heterocycles. The molecule has 0 radical (unpaired) electrons. The van der Waals surface area contributed by atoms with Gasteiger partial charge in [0.2, 0.25) is 0 Å². The van der Waals surface area contributed by atoms with Gasteiger partial charge in [0, 0.05) is 34.9 Å². The molecule has 0 bridgehead atoms. The molecule has 0 fully saturated rings. The number of carbonyl (C=O) groups is 2. The lowest BCUT2D eigenvalue weighted by Crippen LogP contribution is -2.50. The molecular weight excluding hydrogens is 453 g/mol. The van der Waals surface area contributed by atoms with Crippen molar-refractivity contribution >= 4 is 35.1 Å². The minimum atomic E-state index is -0.735. The summed E-state index contributed by atoms with van der Waals surface area (Å²) in [7, 11) is 0. The molecule has 2 atom stereocenters. The highest BCUT2D eigenvalue weighted by Gasteiger charge is 2.29. The molecule has 1 aromatic carbocycles. The third-order valence-electron chi connectivity index (χ3n) is 4.74. The highest BCUT2D eigenvalue weighted by molar-refractivity contribution is 6.34. The van der Waals surface area contributed by atoms with Gasteiger partial charge in [-0.3, -0.25) is 14.9 Å². The fourth-order valence-corrected chi connectivity index (χ4v) is 3.98. The average Bonchev–Trinajstić information content (AvgIpc) is 3.12. The molecule has 0 aliphatic heterocycles. The number of ether oxygens (including phenoxy) is 2. The van der Waals surface area contributed by atoms with Gasteiger partial charge in [0.25, 0.3) is 0 Å². The number of halogens is 2. The van der Waals surface area contributed by atoms with Crippen LogP contribution in [0.5, 0.6) is 0 Å². The fourth-order valence-electron chi connectivity index (χ4n) is 3.41. The molecule has 176 valence electrons. The Kier molecular flexibility index (Phi) is 10.5. The van der Waals surface area contributed by atoms with Crippen molar-refractivity contribution in [2.45, 2.75) is 59.2 Å². The summed E-state index contributed by atoms with van der Waals surface area (Å²) in [5.41, 5.74) is 1.71. The number of hydrogen-bond donors (Lipinski definition) is 1. The Bertz CT molecular complexity index is 881. The molecule has 1 heterocycles. The van der Waals surface area contributed by atoms with Gasteiger partial charge < -0.3 is 14.0 Å². The Labute approximate surface area is 199 Å². The molecule has 0 aliphatic rings. The van der Waals surface area contributed by atoms with Crippen molar-refractivity contribution in [2.75, 3.05) is 13.2 Å². The summed E-state index contributed by atoms with van der Waals surface area (Å²) < 4.78 is 12.4. The maximum absolute atomic E-state index is 12.7. The van der Waals surface area contributed by atoms with Crippen LogP contribution in [0.25, 0.3) is 0 Å². The van der Waals surface area contributed by atoms with E-state index in [2.05, 4.69) is 10.3 Å². The standard InChI is InChI=1S/C23H31Cl2N3O4/c1-5-31-22(29)20(7-15(3)4)27-21(23(30)32-6-2)11-19-12-26-14-28(19)13-16-8-17(24)10-18(25)9-16/h8-10,12,14-15,20-21,27H,5-7,11,13H2,1-4H3. The molecule has 2 unspecified atom stereocenters. The zero-order valence-electron chi connectivity index (χ0n) is 18.9. The molecule has 0 amide bonds. The van der Waals surface area contributed by atoms with Crippen molar-refractivity contribution in [2.24, 2.45) is 5.92 Å². The summed E-state index contributed by atoms with van der Waals surface area (Å²) >= 11 is 12.2. The molecule has 0 saturated carbocycles. The number of imidazole rings is 1. The molecular formula is C23H31Cl2N3O4. The Hall–Kier alpha value is -2.09. The minimum absolute atomic E-state index is 0.234. The topological polar surface area (TPSA) is 82.5 Å². The van der Waals surface area contributed by atoms with Gasteiger partial charge >= 0.3 is 11.9 Å². The second-order valence-electron chi connectivity index (χ2n) is 7.90. The van der Waals surface area contributed by atoms with Crippen molar-refractivity contribution < 1.29 is 19.1 Å². The number of carbonyl (C=O) groups excluding carboxylic acids is 2. The van der Waals surface area contributed by atoms with Crippen LogP contribution in [0, 0.1) is 5.92 Å². The van der Waals surface area contributed by atoms with E-state index in [4.69, 9.17) is 32.7 Å². The van der Waals surface area contributed by atoms with Gasteiger partial charge in [-0.1, -0.05) is 37.0 Å². The highest BCUT2D eigenvalue weighted by Crippen LogP contribution is 2.20. The second kappa shape index (κ2) is 12.8. The van der Waals surface area contributed by atoms with E-state index in [1.165, 1.54) is 0 Å². The zero-order chi connectivity index (χ0) is 23.7. The van der Waals surface area contributed by atoms with Crippen molar-refractivity contribution in [3.63, 3.8) is 0 Å². The molecule has 7 nitrogen and oxygen atoms in total. The molecule has 32 heavy (non-hydrogen) atoms. The predicted molar refractivity (Wildman–Crippen MR) is 125 cm³/mol. The molecule has 0 aliphatic carbocycles. The number of nitrogens with one attached hydrogen (secondary N) is 1. The summed E-state index contributed by atoms with van der Waals surface area (Å²) in [4.78, 5) is 29.5. The minimum Gasteiger partial charge on any atom is -0.465 e. The number of hydrogen-bond acceptors (Lipinski definition) is 6. The van der Waals surface area contributed by atoms with Crippen LogP contribution in [0.1, 0.15) is 45.4 Å². The first-order valence-electron chi connectivity index (χ1n) is 10.8. The number of benzene rings is 1. The van der Waals surface area contributed by atoms with Gasteiger partial charge in [-0.25, -0.2) is 4.98 Å². The fraction of sp³-hybridized carbons (Fsp3) is 0.522. The Morgan fingerprint density at radius 3 is 2.19 bits per heavy atom. The largest absolute Gasteiger partial charge is 0.465 e. The van der Waals surface area contributed by atoms with E-state index < -0.39 is 18.1 Å². The van der Waals surface area contributed by atoms with Crippen LogP contribution in [-0.4, -0.2) is 46.8 Å². The van der Waals surface area contributed by atoms with E-state index in [1.807, 2.05) is 30.5 Å². The number of aromatic nitrogens is 2. The van der Waals surface area contributed by atoms with Crippen molar-refractivity contribution in [3.05, 3.63) is 52.0 Å². The van der Waals surface area contributed by atoms with Gasteiger partial charge in [0.15, 0.2) is 0 Å². The predicted octanol–water partition coefficient (Wildman–Crippen LogP) is 4.28. The van der Waals surface area contributed by atoms with Crippen LogP contribution in [-0.2, 0) is 32.0 Å². The van der Waals surface area contributed by atoms with E-state index >= 15 is 0 Å². The third-order valence-corrected chi connectivity index (χ3v) is 5.18. The highest BCUT2D eigenvalue weighted by atomic mass is 35.5. The SMILES string of the molecule is CCOC(=O)C(Cc1cncn1Cc1cc(Cl)cc(Cl)c1)NC(CC(C)C)C(=O)OCC. The van der Waals surface area contributed by atoms with Crippen LogP contribution < -0.4 is 5.32 Å². The third kappa shape index (κ3) is 8.11. The summed E-state index contributed by atoms with van der Waals surface area (Å²) in [5, 5.41) is 4.26. The summed E-state index contributed by atoms with van der Waals surface area (Å²) in [6.45, 7) is 8.53. The molecule has 9 heteroatoms. The number of nitrogens with zero attached hydrogens (tertiary/aromatic N) is 2. The first-order chi connectivity index (χ1) is 15.2. The lowest BCUT2D eigenvalue weighted by atomic mass is 10.0. The first kappa shape index (κ1) is 26.2. The van der Waals surface area contributed by atoms with Crippen molar-refractivity contribution in [3.8, 4) is 0 Å². The van der Waals surface area contributed by atoms with E-state index in [-0.39, 0.29) is 25.1 Å². The monoisotopic (exact) mass is 483 g/mol. The van der Waals surface area contributed by atoms with Crippen LogP contribution in [0.2, 0.25) is 10.0 Å². The van der Waals surface area contributed by atoms with Gasteiger partial charge in [-0.05, 0) is 49.9 Å². The van der Waals surface area contributed by atoms with Gasteiger partial charge in [-0.15, -0.1) is 0 Å². The summed E-state index contributed by atoms with van der Waals surface area (Å²) in [6, 6.07) is 3.98. The molecule has 2 aromatic rings. The van der Waals surface area contributed by atoms with Crippen molar-refractivity contribution in [1.82, 2.24) is 14.9 Å². The maximum Gasteiger partial charge on any atom is 0.323 e. The van der Waals surface area contributed by atoms with Crippen molar-refractivity contribution in [1.29, 1.82) is 0 Å². The smallest absolute Gasteiger partial charge is 0.323 e. The second-order valence-corrected chi connectivity index (χ2v) is 8.77. The molecule has 1 aromatic heterocycles. The van der Waals surface area contributed by atoms with Gasteiger partial charge in [0.05, 0.1) is 19.5 Å². The Balaban J connectivity index is 2.24. The average molecular weight is 484 g/mol. The van der Waals surface area contributed by atoms with E-state index in [0.717, 1.165) is 11.3 Å². The maximum atomic E-state index is 12.7. The molecule has 2 rings (SSSR count). The normalized spacial score (nSPS) is 13.1. The molecule has 0 spiro atoms. The number of rotatable bonds is 12. The van der Waals surface area contributed by atoms with E-state index in [0.29, 0.717) is 29.4 Å². The lowest BCUT2D eigenvalue weighted by Gasteiger charge is -2.25. The van der Waals surface area contributed by atoms with Gasteiger partial charge in [-0.2, -0.15) is 0 Å². The van der Waals surface area contributed by atoms with E-state index in [1.54, 1.807) is 32.4 Å². The quantitative estimate of drug-likeness (QED) is 0.453. The van der Waals surface area contributed by atoms with Gasteiger partial charge in [0.1, 0.15) is 12.1 Å². The number of esters is 2.